The summed E-state index contributed by atoms with van der Waals surface area (Å²) in [6.45, 7) is 2.62. The molecule has 0 bridgehead atoms. The molecule has 3 rings (SSSR count). The summed E-state index contributed by atoms with van der Waals surface area (Å²) in [5.41, 5.74) is 4.03. The second kappa shape index (κ2) is 4.50. The molecule has 0 atom stereocenters. The third-order valence-corrected chi connectivity index (χ3v) is 3.54. The van der Waals surface area contributed by atoms with E-state index in [9.17, 15) is 9.18 Å². The van der Waals surface area contributed by atoms with Gasteiger partial charge in [-0.3, -0.25) is 4.79 Å². The maximum Gasteiger partial charge on any atom is 0.251 e. The summed E-state index contributed by atoms with van der Waals surface area (Å²) in [5.74, 6) is -0.333. The first-order valence-corrected chi connectivity index (χ1v) is 6.33. The van der Waals surface area contributed by atoms with Gasteiger partial charge in [-0.15, -0.1) is 0 Å². The molecule has 0 aromatic heterocycles. The Labute approximate surface area is 111 Å². The summed E-state index contributed by atoms with van der Waals surface area (Å²) >= 11 is 0. The smallest absolute Gasteiger partial charge is 0.251 e. The van der Waals surface area contributed by atoms with E-state index in [2.05, 4.69) is 5.32 Å². The summed E-state index contributed by atoms with van der Waals surface area (Å²) in [5, 5.41) is 2.82. The minimum atomic E-state index is -0.262. The van der Waals surface area contributed by atoms with Gasteiger partial charge in [-0.25, -0.2) is 4.39 Å². The highest BCUT2D eigenvalue weighted by Crippen LogP contribution is 2.29. The predicted octanol–water partition coefficient (Wildman–Crippen LogP) is 3.09. The van der Waals surface area contributed by atoms with Gasteiger partial charge in [-0.1, -0.05) is 24.3 Å². The Kier molecular flexibility index (Phi) is 2.82. The number of halogens is 1. The number of amides is 1. The van der Waals surface area contributed by atoms with E-state index in [4.69, 9.17) is 0 Å². The first-order chi connectivity index (χ1) is 9.16. The normalized spacial score (nSPS) is 13.9. The Bertz CT molecular complexity index is 664. The zero-order chi connectivity index (χ0) is 13.4. The number of rotatable bonds is 1. The van der Waals surface area contributed by atoms with Crippen molar-refractivity contribution in [3.63, 3.8) is 0 Å². The van der Waals surface area contributed by atoms with Crippen LogP contribution in [-0.2, 0) is 6.42 Å². The van der Waals surface area contributed by atoms with Gasteiger partial charge in [0.15, 0.2) is 0 Å². The molecular weight excluding hydrogens is 241 g/mol. The third-order valence-electron chi connectivity index (χ3n) is 3.54. The topological polar surface area (TPSA) is 29.1 Å². The number of hydrogen-bond donors (Lipinski definition) is 1. The van der Waals surface area contributed by atoms with Crippen molar-refractivity contribution in [2.75, 3.05) is 6.54 Å². The lowest BCUT2D eigenvalue weighted by molar-refractivity contribution is 0.0946. The second-order valence-corrected chi connectivity index (χ2v) is 4.81. The van der Waals surface area contributed by atoms with Crippen molar-refractivity contribution >= 4 is 5.91 Å². The van der Waals surface area contributed by atoms with Gasteiger partial charge in [-0.2, -0.15) is 0 Å². The molecule has 3 heteroatoms. The molecule has 1 amide bonds. The van der Waals surface area contributed by atoms with Crippen molar-refractivity contribution in [1.82, 2.24) is 5.32 Å². The van der Waals surface area contributed by atoms with Crippen molar-refractivity contribution in [2.45, 2.75) is 13.3 Å². The molecule has 0 fully saturated rings. The Morgan fingerprint density at radius 2 is 1.89 bits per heavy atom. The molecule has 1 heterocycles. The van der Waals surface area contributed by atoms with Crippen LogP contribution in [0.5, 0.6) is 0 Å². The SMILES string of the molecule is Cc1cc2c(cc1-c1ccccc1F)C(=O)NCC2. The van der Waals surface area contributed by atoms with E-state index in [0.29, 0.717) is 17.7 Å². The summed E-state index contributed by atoms with van der Waals surface area (Å²) in [6.07, 6.45) is 0.833. The molecule has 0 spiro atoms. The van der Waals surface area contributed by atoms with Crippen LogP contribution in [0.15, 0.2) is 36.4 Å². The third kappa shape index (κ3) is 2.01. The van der Waals surface area contributed by atoms with Crippen molar-refractivity contribution in [3.8, 4) is 11.1 Å². The molecule has 0 saturated heterocycles. The Morgan fingerprint density at radius 3 is 2.68 bits per heavy atom. The molecule has 2 aromatic rings. The zero-order valence-electron chi connectivity index (χ0n) is 10.7. The van der Waals surface area contributed by atoms with Gasteiger partial charge >= 0.3 is 0 Å². The second-order valence-electron chi connectivity index (χ2n) is 4.81. The van der Waals surface area contributed by atoms with E-state index in [-0.39, 0.29) is 11.7 Å². The van der Waals surface area contributed by atoms with E-state index in [1.54, 1.807) is 24.3 Å². The quantitative estimate of drug-likeness (QED) is 0.833. The largest absolute Gasteiger partial charge is 0.352 e. The Hall–Kier alpha value is -2.16. The number of nitrogens with one attached hydrogen (secondary N) is 1. The molecule has 96 valence electrons. The number of benzene rings is 2. The Morgan fingerprint density at radius 1 is 1.11 bits per heavy atom. The zero-order valence-corrected chi connectivity index (χ0v) is 10.7. The number of fused-ring (bicyclic) bond motifs is 1. The molecule has 0 radical (unpaired) electrons. The first-order valence-electron chi connectivity index (χ1n) is 6.33. The van der Waals surface area contributed by atoms with Crippen LogP contribution in [0.25, 0.3) is 11.1 Å². The number of hydrogen-bond acceptors (Lipinski definition) is 1. The molecule has 1 N–H and O–H groups in total. The average Bonchev–Trinajstić information content (AvgIpc) is 2.39. The minimum absolute atomic E-state index is 0.0705. The van der Waals surface area contributed by atoms with Gasteiger partial charge in [0, 0.05) is 17.7 Å². The highest BCUT2D eigenvalue weighted by atomic mass is 19.1. The molecular formula is C16H14FNO. The summed E-state index contributed by atoms with van der Waals surface area (Å²) in [6, 6.07) is 10.4. The van der Waals surface area contributed by atoms with Crippen LogP contribution in [-0.4, -0.2) is 12.5 Å². The van der Waals surface area contributed by atoms with Gasteiger partial charge in [0.1, 0.15) is 5.82 Å². The standard InChI is InChI=1S/C16H14FNO/c1-10-8-11-6-7-18-16(19)14(11)9-13(10)12-4-2-3-5-15(12)17/h2-5,8-9H,6-7H2,1H3,(H,18,19). The van der Waals surface area contributed by atoms with E-state index in [1.807, 2.05) is 13.0 Å². The molecule has 2 aromatic carbocycles. The minimum Gasteiger partial charge on any atom is -0.352 e. The van der Waals surface area contributed by atoms with E-state index in [0.717, 1.165) is 23.1 Å². The maximum atomic E-state index is 13.9. The van der Waals surface area contributed by atoms with Gasteiger partial charge in [-0.05, 0) is 42.2 Å². The fraction of sp³-hybridized carbons (Fsp3) is 0.188. The summed E-state index contributed by atoms with van der Waals surface area (Å²) < 4.78 is 13.9. The van der Waals surface area contributed by atoms with Gasteiger partial charge in [0.2, 0.25) is 0 Å². The van der Waals surface area contributed by atoms with Crippen molar-refractivity contribution < 1.29 is 9.18 Å². The lowest BCUT2D eigenvalue weighted by Crippen LogP contribution is -2.31. The van der Waals surface area contributed by atoms with Gasteiger partial charge in [0.25, 0.3) is 5.91 Å². The van der Waals surface area contributed by atoms with E-state index < -0.39 is 0 Å². The molecule has 1 aliphatic heterocycles. The van der Waals surface area contributed by atoms with Crippen molar-refractivity contribution in [3.05, 3.63) is 58.9 Å². The van der Waals surface area contributed by atoms with Crippen LogP contribution in [0.1, 0.15) is 21.5 Å². The number of carbonyl (C=O) groups is 1. The lowest BCUT2D eigenvalue weighted by atomic mass is 9.91. The predicted molar refractivity (Wildman–Crippen MR) is 72.6 cm³/mol. The van der Waals surface area contributed by atoms with Crippen LogP contribution < -0.4 is 5.32 Å². The fourth-order valence-electron chi connectivity index (χ4n) is 2.56. The highest BCUT2D eigenvalue weighted by molar-refractivity contribution is 5.98. The molecule has 2 nitrogen and oxygen atoms in total. The van der Waals surface area contributed by atoms with Crippen molar-refractivity contribution in [2.24, 2.45) is 0 Å². The van der Waals surface area contributed by atoms with Gasteiger partial charge < -0.3 is 5.32 Å². The highest BCUT2D eigenvalue weighted by Gasteiger charge is 2.19. The molecule has 1 aliphatic rings. The van der Waals surface area contributed by atoms with Crippen molar-refractivity contribution in [1.29, 1.82) is 0 Å². The van der Waals surface area contributed by atoms with Crippen LogP contribution >= 0.6 is 0 Å². The average molecular weight is 255 g/mol. The molecule has 0 unspecified atom stereocenters. The van der Waals surface area contributed by atoms with Crippen LogP contribution in [0.3, 0.4) is 0 Å². The maximum absolute atomic E-state index is 13.9. The van der Waals surface area contributed by atoms with Crippen LogP contribution in [0, 0.1) is 12.7 Å². The molecule has 0 aliphatic carbocycles. The fourth-order valence-corrected chi connectivity index (χ4v) is 2.56. The van der Waals surface area contributed by atoms with Crippen LogP contribution in [0.4, 0.5) is 4.39 Å². The van der Waals surface area contributed by atoms with Gasteiger partial charge in [0.05, 0.1) is 0 Å². The Balaban J connectivity index is 2.20. The molecule has 19 heavy (non-hydrogen) atoms. The molecule has 0 saturated carbocycles. The van der Waals surface area contributed by atoms with Crippen LogP contribution in [0.2, 0.25) is 0 Å². The number of aryl methyl sites for hydroxylation is 1. The lowest BCUT2D eigenvalue weighted by Gasteiger charge is -2.19. The first kappa shape index (κ1) is 11.9. The van der Waals surface area contributed by atoms with E-state index >= 15 is 0 Å². The summed E-state index contributed by atoms with van der Waals surface area (Å²) in [7, 11) is 0. The summed E-state index contributed by atoms with van der Waals surface area (Å²) in [4.78, 5) is 11.9. The number of carbonyl (C=O) groups excluding carboxylic acids is 1. The monoisotopic (exact) mass is 255 g/mol. The van der Waals surface area contributed by atoms with E-state index in [1.165, 1.54) is 6.07 Å².